The molecule has 29 heavy (non-hydrogen) atoms. The molecule has 0 saturated heterocycles. The third-order valence-electron chi connectivity index (χ3n) is 5.13. The van der Waals surface area contributed by atoms with Crippen LogP contribution in [0.4, 0.5) is 0 Å². The molecule has 0 aliphatic rings. The zero-order valence-electron chi connectivity index (χ0n) is 17.5. The molecule has 0 amide bonds. The standard InChI is InChI=1S/C24H29ClN4/c1-4-20-13-19(14-26-3)9-10-21(20)15-29(16-23-18(2)7-5-11-27-23)17-24-22(25)8-6-12-28-24/h5-13,26H,4,14-17H2,1-3H3. The van der Waals surface area contributed by atoms with Gasteiger partial charge in [-0.1, -0.05) is 42.8 Å². The molecule has 1 N–H and O–H groups in total. The van der Waals surface area contributed by atoms with Crippen molar-refractivity contribution < 1.29 is 0 Å². The summed E-state index contributed by atoms with van der Waals surface area (Å²) in [5.41, 5.74) is 7.22. The first-order valence-corrected chi connectivity index (χ1v) is 10.5. The topological polar surface area (TPSA) is 41.0 Å². The molecule has 0 aliphatic carbocycles. The van der Waals surface area contributed by atoms with Crippen molar-refractivity contribution in [2.75, 3.05) is 7.05 Å². The van der Waals surface area contributed by atoms with Crippen LogP contribution in [0.1, 0.15) is 40.6 Å². The first-order chi connectivity index (χ1) is 14.1. The van der Waals surface area contributed by atoms with Crippen LogP contribution in [-0.4, -0.2) is 21.9 Å². The van der Waals surface area contributed by atoms with Crippen molar-refractivity contribution in [2.24, 2.45) is 0 Å². The van der Waals surface area contributed by atoms with Gasteiger partial charge >= 0.3 is 0 Å². The average Bonchev–Trinajstić information content (AvgIpc) is 2.72. The third-order valence-corrected chi connectivity index (χ3v) is 5.47. The lowest BCUT2D eigenvalue weighted by atomic mass is 10.0. The lowest BCUT2D eigenvalue weighted by Crippen LogP contribution is -2.25. The number of nitrogens with one attached hydrogen (secondary N) is 1. The van der Waals surface area contributed by atoms with E-state index in [1.165, 1.54) is 22.3 Å². The molecule has 2 heterocycles. The van der Waals surface area contributed by atoms with Crippen LogP contribution in [0.5, 0.6) is 0 Å². The summed E-state index contributed by atoms with van der Waals surface area (Å²) in [5, 5.41) is 3.94. The van der Waals surface area contributed by atoms with Gasteiger partial charge in [0, 0.05) is 38.6 Å². The highest BCUT2D eigenvalue weighted by atomic mass is 35.5. The number of pyridine rings is 2. The van der Waals surface area contributed by atoms with Crippen molar-refractivity contribution >= 4 is 11.6 Å². The van der Waals surface area contributed by atoms with Gasteiger partial charge in [0.05, 0.1) is 16.4 Å². The molecule has 2 aromatic heterocycles. The van der Waals surface area contributed by atoms with E-state index < -0.39 is 0 Å². The Morgan fingerprint density at radius 2 is 1.66 bits per heavy atom. The first-order valence-electron chi connectivity index (χ1n) is 10.1. The summed E-state index contributed by atoms with van der Waals surface area (Å²) < 4.78 is 0. The van der Waals surface area contributed by atoms with Crippen molar-refractivity contribution in [1.29, 1.82) is 0 Å². The van der Waals surface area contributed by atoms with Gasteiger partial charge < -0.3 is 5.32 Å². The van der Waals surface area contributed by atoms with Crippen molar-refractivity contribution in [2.45, 2.75) is 46.4 Å². The van der Waals surface area contributed by atoms with Gasteiger partial charge in [-0.3, -0.25) is 14.9 Å². The fraction of sp³-hybridized carbons (Fsp3) is 0.333. The lowest BCUT2D eigenvalue weighted by molar-refractivity contribution is 0.240. The summed E-state index contributed by atoms with van der Waals surface area (Å²) in [6, 6.07) is 14.6. The zero-order valence-corrected chi connectivity index (χ0v) is 18.2. The predicted octanol–water partition coefficient (Wildman–Crippen LogP) is 4.92. The van der Waals surface area contributed by atoms with Crippen molar-refractivity contribution in [3.05, 3.63) is 93.5 Å². The van der Waals surface area contributed by atoms with Gasteiger partial charge in [0.25, 0.3) is 0 Å². The largest absolute Gasteiger partial charge is 0.316 e. The highest BCUT2D eigenvalue weighted by Gasteiger charge is 2.15. The zero-order chi connectivity index (χ0) is 20.6. The molecule has 0 atom stereocenters. The third kappa shape index (κ3) is 5.86. The Labute approximate surface area is 179 Å². The molecular formula is C24H29ClN4. The van der Waals surface area contributed by atoms with Gasteiger partial charge in [0.15, 0.2) is 0 Å². The fourth-order valence-electron chi connectivity index (χ4n) is 3.53. The number of aryl methyl sites for hydroxylation is 2. The highest BCUT2D eigenvalue weighted by molar-refractivity contribution is 6.31. The minimum absolute atomic E-state index is 0.678. The Bertz CT molecular complexity index is 894. The van der Waals surface area contributed by atoms with Gasteiger partial charge in [-0.25, -0.2) is 0 Å². The summed E-state index contributed by atoms with van der Waals surface area (Å²) in [5.74, 6) is 0. The second-order valence-electron chi connectivity index (χ2n) is 7.33. The second kappa shape index (κ2) is 10.5. The molecule has 0 bridgehead atoms. The van der Waals surface area contributed by atoms with E-state index in [-0.39, 0.29) is 0 Å². The van der Waals surface area contributed by atoms with Crippen molar-refractivity contribution in [1.82, 2.24) is 20.2 Å². The molecule has 0 unspecified atom stereocenters. The molecular weight excluding hydrogens is 380 g/mol. The molecule has 0 aliphatic heterocycles. The monoisotopic (exact) mass is 408 g/mol. The molecule has 0 spiro atoms. The van der Waals surface area contributed by atoms with E-state index in [4.69, 9.17) is 11.6 Å². The van der Waals surface area contributed by atoms with E-state index >= 15 is 0 Å². The van der Waals surface area contributed by atoms with E-state index in [2.05, 4.69) is 58.3 Å². The molecule has 152 valence electrons. The quantitative estimate of drug-likeness (QED) is 0.545. The summed E-state index contributed by atoms with van der Waals surface area (Å²) >= 11 is 6.41. The smallest absolute Gasteiger partial charge is 0.0730 e. The van der Waals surface area contributed by atoms with Gasteiger partial charge in [-0.15, -0.1) is 0 Å². The summed E-state index contributed by atoms with van der Waals surface area (Å²) in [6.07, 6.45) is 4.67. The molecule has 4 nitrogen and oxygen atoms in total. The van der Waals surface area contributed by atoms with Gasteiger partial charge in [0.1, 0.15) is 0 Å². The molecule has 3 aromatic rings. The van der Waals surface area contributed by atoms with Crippen molar-refractivity contribution in [3.8, 4) is 0 Å². The maximum atomic E-state index is 6.41. The highest BCUT2D eigenvalue weighted by Crippen LogP contribution is 2.21. The van der Waals surface area contributed by atoms with Gasteiger partial charge in [-0.2, -0.15) is 0 Å². The first kappa shape index (κ1) is 21.4. The van der Waals surface area contributed by atoms with Crippen LogP contribution >= 0.6 is 11.6 Å². The summed E-state index contributed by atoms with van der Waals surface area (Å²) in [7, 11) is 1.98. The van der Waals surface area contributed by atoms with Crippen LogP contribution in [-0.2, 0) is 32.6 Å². The van der Waals surface area contributed by atoms with E-state index in [1.807, 2.05) is 31.4 Å². The number of hydrogen-bond acceptors (Lipinski definition) is 4. The van der Waals surface area contributed by atoms with E-state index in [9.17, 15) is 0 Å². The van der Waals surface area contributed by atoms with Crippen LogP contribution in [0, 0.1) is 6.92 Å². The Morgan fingerprint density at radius 3 is 2.34 bits per heavy atom. The number of nitrogens with zero attached hydrogens (tertiary/aromatic N) is 3. The van der Waals surface area contributed by atoms with Gasteiger partial charge in [0.2, 0.25) is 0 Å². The SMILES string of the molecule is CCc1cc(CNC)ccc1CN(Cc1ncccc1C)Cc1ncccc1Cl. The fourth-order valence-corrected chi connectivity index (χ4v) is 3.71. The average molecular weight is 409 g/mol. The van der Waals surface area contributed by atoms with Crippen molar-refractivity contribution in [3.63, 3.8) is 0 Å². The van der Waals surface area contributed by atoms with Crippen LogP contribution in [0.15, 0.2) is 54.9 Å². The lowest BCUT2D eigenvalue weighted by Gasteiger charge is -2.24. The molecule has 3 rings (SSSR count). The van der Waals surface area contributed by atoms with Gasteiger partial charge in [-0.05, 0) is 60.8 Å². The molecule has 5 heteroatoms. The number of rotatable bonds is 9. The Kier molecular flexibility index (Phi) is 7.76. The van der Waals surface area contributed by atoms with Crippen LogP contribution < -0.4 is 5.32 Å². The second-order valence-corrected chi connectivity index (χ2v) is 7.74. The maximum Gasteiger partial charge on any atom is 0.0730 e. The molecule has 1 aromatic carbocycles. The maximum absolute atomic E-state index is 6.41. The molecule has 0 saturated carbocycles. The number of benzene rings is 1. The Balaban J connectivity index is 1.88. The summed E-state index contributed by atoms with van der Waals surface area (Å²) in [6.45, 7) is 7.46. The number of halogens is 1. The Hall–Kier alpha value is -2.27. The predicted molar refractivity (Wildman–Crippen MR) is 120 cm³/mol. The molecule has 0 fully saturated rings. The normalized spacial score (nSPS) is 11.2. The minimum Gasteiger partial charge on any atom is -0.316 e. The van der Waals surface area contributed by atoms with E-state index in [1.54, 1.807) is 6.20 Å². The van der Waals surface area contributed by atoms with E-state index in [0.717, 1.165) is 37.4 Å². The number of hydrogen-bond donors (Lipinski definition) is 1. The van der Waals surface area contributed by atoms with Crippen LogP contribution in [0.25, 0.3) is 0 Å². The minimum atomic E-state index is 0.678. The Morgan fingerprint density at radius 1 is 0.931 bits per heavy atom. The van der Waals surface area contributed by atoms with E-state index in [0.29, 0.717) is 11.6 Å². The van der Waals surface area contributed by atoms with Crippen LogP contribution in [0.2, 0.25) is 5.02 Å². The summed E-state index contributed by atoms with van der Waals surface area (Å²) in [4.78, 5) is 11.5. The van der Waals surface area contributed by atoms with Crippen LogP contribution in [0.3, 0.4) is 0 Å². The number of aromatic nitrogens is 2. The molecule has 0 radical (unpaired) electrons.